The molecule has 4 heteroatoms. The number of nitrogens with one attached hydrogen (secondary N) is 1. The van der Waals surface area contributed by atoms with Gasteiger partial charge < -0.3 is 15.8 Å². The lowest BCUT2D eigenvalue weighted by Gasteiger charge is -2.25. The van der Waals surface area contributed by atoms with Gasteiger partial charge in [-0.05, 0) is 39.8 Å². The zero-order valence-electron chi connectivity index (χ0n) is 9.01. The van der Waals surface area contributed by atoms with Crippen LogP contribution in [0.1, 0.15) is 26.7 Å². The van der Waals surface area contributed by atoms with E-state index >= 15 is 0 Å². The molecule has 1 atom stereocenters. The Hall–Kier alpha value is -0.610. The summed E-state index contributed by atoms with van der Waals surface area (Å²) in [6.45, 7) is 6.01. The number of hydrogen-bond donors (Lipinski definition) is 2. The van der Waals surface area contributed by atoms with E-state index < -0.39 is 5.60 Å². The first-order chi connectivity index (χ1) is 6.55. The molecule has 1 saturated heterocycles. The predicted molar refractivity (Wildman–Crippen MR) is 54.8 cm³/mol. The third-order valence-electron chi connectivity index (χ3n) is 2.52. The zero-order valence-corrected chi connectivity index (χ0v) is 9.01. The van der Waals surface area contributed by atoms with Crippen molar-refractivity contribution in [1.82, 2.24) is 5.32 Å². The van der Waals surface area contributed by atoms with E-state index in [0.29, 0.717) is 13.0 Å². The number of carbonyl (C=O) groups is 1. The Balaban J connectivity index is 2.38. The van der Waals surface area contributed by atoms with Gasteiger partial charge in [0.25, 0.3) is 0 Å². The number of carbonyl (C=O) groups excluding carboxylic acids is 1. The molecule has 0 aromatic heterocycles. The highest BCUT2D eigenvalue weighted by molar-refractivity contribution is 5.73. The molecule has 4 nitrogen and oxygen atoms in total. The van der Waals surface area contributed by atoms with Gasteiger partial charge in [0.2, 0.25) is 0 Å². The van der Waals surface area contributed by atoms with Crippen molar-refractivity contribution in [1.29, 1.82) is 0 Å². The fraction of sp³-hybridized carbons (Fsp3) is 0.900. The summed E-state index contributed by atoms with van der Waals surface area (Å²) in [5, 5.41) is 3.15. The number of nitrogens with two attached hydrogens (primary N) is 1. The maximum absolute atomic E-state index is 11.6. The van der Waals surface area contributed by atoms with Gasteiger partial charge in [0.1, 0.15) is 5.60 Å². The summed E-state index contributed by atoms with van der Waals surface area (Å²) in [5.41, 5.74) is 5.02. The maximum Gasteiger partial charge on any atom is 0.310 e. The molecule has 0 saturated carbocycles. The fourth-order valence-electron chi connectivity index (χ4n) is 1.61. The molecule has 1 heterocycles. The Morgan fingerprint density at radius 2 is 2.36 bits per heavy atom. The van der Waals surface area contributed by atoms with E-state index in [0.717, 1.165) is 19.5 Å². The first kappa shape index (κ1) is 11.5. The molecule has 82 valence electrons. The van der Waals surface area contributed by atoms with Gasteiger partial charge in [-0.15, -0.1) is 0 Å². The Morgan fingerprint density at radius 1 is 1.64 bits per heavy atom. The lowest BCUT2D eigenvalue weighted by molar-refractivity contribution is -0.161. The van der Waals surface area contributed by atoms with Crippen LogP contribution in [0.25, 0.3) is 0 Å². The van der Waals surface area contributed by atoms with Crippen molar-refractivity contribution in [2.45, 2.75) is 32.3 Å². The average Bonchev–Trinajstić information content (AvgIpc) is 2.53. The number of esters is 1. The highest BCUT2D eigenvalue weighted by Gasteiger charge is 2.29. The number of rotatable bonds is 4. The van der Waals surface area contributed by atoms with Crippen LogP contribution in [0.15, 0.2) is 0 Å². The molecule has 1 unspecified atom stereocenters. The van der Waals surface area contributed by atoms with E-state index in [1.807, 2.05) is 13.8 Å². The van der Waals surface area contributed by atoms with Gasteiger partial charge in [-0.1, -0.05) is 0 Å². The SMILES string of the molecule is CC(C)(CCN)OC(=O)C1CCNC1. The third kappa shape index (κ3) is 3.27. The first-order valence-corrected chi connectivity index (χ1v) is 5.19. The minimum atomic E-state index is -0.422. The van der Waals surface area contributed by atoms with Crippen molar-refractivity contribution in [3.05, 3.63) is 0 Å². The normalized spacial score (nSPS) is 22.4. The largest absolute Gasteiger partial charge is 0.459 e. The van der Waals surface area contributed by atoms with E-state index in [-0.39, 0.29) is 11.9 Å². The molecule has 0 amide bonds. The van der Waals surface area contributed by atoms with Gasteiger partial charge in [-0.3, -0.25) is 4.79 Å². The van der Waals surface area contributed by atoms with Crippen molar-refractivity contribution in [3.8, 4) is 0 Å². The molecule has 14 heavy (non-hydrogen) atoms. The van der Waals surface area contributed by atoms with E-state index in [1.54, 1.807) is 0 Å². The molecule has 1 aliphatic rings. The van der Waals surface area contributed by atoms with Crippen LogP contribution >= 0.6 is 0 Å². The van der Waals surface area contributed by atoms with Crippen molar-refractivity contribution in [3.63, 3.8) is 0 Å². The Kier molecular flexibility index (Phi) is 3.89. The second kappa shape index (κ2) is 4.75. The topological polar surface area (TPSA) is 64.3 Å². The molecule has 0 radical (unpaired) electrons. The Labute approximate surface area is 85.2 Å². The van der Waals surface area contributed by atoms with Gasteiger partial charge in [-0.25, -0.2) is 0 Å². The summed E-state index contributed by atoms with van der Waals surface area (Å²) in [7, 11) is 0. The molecule has 3 N–H and O–H groups in total. The fourth-order valence-corrected chi connectivity index (χ4v) is 1.61. The number of hydrogen-bond acceptors (Lipinski definition) is 4. The summed E-state index contributed by atoms with van der Waals surface area (Å²) >= 11 is 0. The zero-order chi connectivity index (χ0) is 10.6. The first-order valence-electron chi connectivity index (χ1n) is 5.19. The van der Waals surface area contributed by atoms with Gasteiger partial charge in [0.05, 0.1) is 5.92 Å². The average molecular weight is 200 g/mol. The minimum Gasteiger partial charge on any atom is -0.459 e. The smallest absolute Gasteiger partial charge is 0.310 e. The Morgan fingerprint density at radius 3 is 2.86 bits per heavy atom. The van der Waals surface area contributed by atoms with Crippen molar-refractivity contribution in [2.24, 2.45) is 11.7 Å². The summed E-state index contributed by atoms with van der Waals surface area (Å²) in [4.78, 5) is 11.6. The van der Waals surface area contributed by atoms with Crippen LogP contribution in [-0.4, -0.2) is 31.2 Å². The number of ether oxygens (including phenoxy) is 1. The minimum absolute atomic E-state index is 0.0343. The predicted octanol–water partition coefficient (Wildman–Crippen LogP) is 0.267. The van der Waals surface area contributed by atoms with E-state index in [1.165, 1.54) is 0 Å². The van der Waals surface area contributed by atoms with Gasteiger partial charge >= 0.3 is 5.97 Å². The highest BCUT2D eigenvalue weighted by Crippen LogP contribution is 2.18. The van der Waals surface area contributed by atoms with Gasteiger partial charge in [-0.2, -0.15) is 0 Å². The highest BCUT2D eigenvalue weighted by atomic mass is 16.6. The second-order valence-electron chi connectivity index (χ2n) is 4.41. The molecule has 0 aromatic carbocycles. The summed E-state index contributed by atoms with van der Waals surface area (Å²) in [6.07, 6.45) is 1.59. The van der Waals surface area contributed by atoms with Gasteiger partial charge in [0.15, 0.2) is 0 Å². The van der Waals surface area contributed by atoms with Crippen LogP contribution in [0, 0.1) is 5.92 Å². The van der Waals surface area contributed by atoms with Crippen molar-refractivity contribution >= 4 is 5.97 Å². The lowest BCUT2D eigenvalue weighted by atomic mass is 10.0. The molecule has 1 fully saturated rings. The van der Waals surface area contributed by atoms with Crippen LogP contribution < -0.4 is 11.1 Å². The molecular formula is C10H20N2O2. The van der Waals surface area contributed by atoms with Crippen LogP contribution in [-0.2, 0) is 9.53 Å². The van der Waals surface area contributed by atoms with E-state index in [4.69, 9.17) is 10.5 Å². The standard InChI is InChI=1S/C10H20N2O2/c1-10(2,4-5-11)14-9(13)8-3-6-12-7-8/h8,12H,3-7,11H2,1-2H3. The summed E-state index contributed by atoms with van der Waals surface area (Å²) in [6, 6.07) is 0. The molecule has 1 aliphatic heterocycles. The molecular weight excluding hydrogens is 180 g/mol. The second-order valence-corrected chi connectivity index (χ2v) is 4.41. The van der Waals surface area contributed by atoms with Crippen LogP contribution in [0.4, 0.5) is 0 Å². The molecule has 1 rings (SSSR count). The van der Waals surface area contributed by atoms with Crippen molar-refractivity contribution < 1.29 is 9.53 Å². The third-order valence-corrected chi connectivity index (χ3v) is 2.52. The summed E-state index contributed by atoms with van der Waals surface area (Å²) < 4.78 is 5.40. The quantitative estimate of drug-likeness (QED) is 0.639. The monoisotopic (exact) mass is 200 g/mol. The summed E-state index contributed by atoms with van der Waals surface area (Å²) in [5.74, 6) is -0.0551. The van der Waals surface area contributed by atoms with Crippen molar-refractivity contribution in [2.75, 3.05) is 19.6 Å². The Bertz CT molecular complexity index is 198. The molecule has 0 bridgehead atoms. The molecule has 0 aromatic rings. The maximum atomic E-state index is 11.6. The van der Waals surface area contributed by atoms with E-state index in [2.05, 4.69) is 5.32 Å². The molecule has 0 spiro atoms. The van der Waals surface area contributed by atoms with Crippen LogP contribution in [0.3, 0.4) is 0 Å². The van der Waals surface area contributed by atoms with Gasteiger partial charge in [0, 0.05) is 6.54 Å². The van der Waals surface area contributed by atoms with Crippen LogP contribution in [0.2, 0.25) is 0 Å². The van der Waals surface area contributed by atoms with E-state index in [9.17, 15) is 4.79 Å². The lowest BCUT2D eigenvalue weighted by Crippen LogP contribution is -2.34. The molecule has 0 aliphatic carbocycles. The van der Waals surface area contributed by atoms with Crippen LogP contribution in [0.5, 0.6) is 0 Å².